The lowest BCUT2D eigenvalue weighted by Gasteiger charge is -2.23. The number of hydrogen-bond acceptors (Lipinski definition) is 3. The number of anilines is 2. The number of aryl methyl sites for hydroxylation is 2. The molecule has 0 bridgehead atoms. The molecule has 0 aliphatic carbocycles. The third-order valence-corrected chi connectivity index (χ3v) is 8.07. The first kappa shape index (κ1) is 23.8. The fourth-order valence-corrected chi connectivity index (χ4v) is 5.99. The molecule has 0 spiro atoms. The van der Waals surface area contributed by atoms with Crippen LogP contribution in [0.2, 0.25) is 0 Å². The molecule has 6 rings (SSSR count). The fraction of sp³-hybridized carbons (Fsp3) is 0.219. The molecule has 0 amide bonds. The summed E-state index contributed by atoms with van der Waals surface area (Å²) in [5.74, 6) is 1.16. The van der Waals surface area contributed by atoms with Gasteiger partial charge in [-0.3, -0.25) is 0 Å². The predicted molar refractivity (Wildman–Crippen MR) is 158 cm³/mol. The third kappa shape index (κ3) is 4.31. The van der Waals surface area contributed by atoms with Crippen molar-refractivity contribution in [1.29, 1.82) is 0 Å². The molecule has 0 saturated heterocycles. The number of nitrogens with zero attached hydrogens (tertiary/aromatic N) is 3. The maximum Gasteiger partial charge on any atom is 0.125 e. The van der Waals surface area contributed by atoms with Crippen molar-refractivity contribution >= 4 is 38.3 Å². The summed E-state index contributed by atoms with van der Waals surface area (Å²) in [5, 5.41) is 3.71. The standard InChI is InChI=1S/C32H31BrN4/c1-4-9-30-35-31-21(2)18-24(32-34-27-12-7-8-13-28(27)36(32)3)19-29(31)37(30)20-22-14-16-23(17-15-22)25-10-5-6-11-26(25)33/h5-8,10-19,32,34H,4,9,20H2,1-3H3. The molecule has 4 nitrogen and oxygen atoms in total. The average molecular weight is 552 g/mol. The van der Waals surface area contributed by atoms with E-state index in [1.54, 1.807) is 0 Å². The van der Waals surface area contributed by atoms with Crippen LogP contribution in [-0.4, -0.2) is 16.6 Å². The number of halogens is 1. The summed E-state index contributed by atoms with van der Waals surface area (Å²) in [7, 11) is 2.16. The smallest absolute Gasteiger partial charge is 0.125 e. The second kappa shape index (κ2) is 9.71. The Morgan fingerprint density at radius 1 is 0.946 bits per heavy atom. The highest BCUT2D eigenvalue weighted by Crippen LogP contribution is 2.40. The van der Waals surface area contributed by atoms with Gasteiger partial charge >= 0.3 is 0 Å². The molecule has 4 aromatic carbocycles. The number of nitrogens with one attached hydrogen (secondary N) is 1. The molecule has 1 N–H and O–H groups in total. The van der Waals surface area contributed by atoms with Gasteiger partial charge in [0.1, 0.15) is 12.0 Å². The molecule has 0 saturated carbocycles. The summed E-state index contributed by atoms with van der Waals surface area (Å²) >= 11 is 3.69. The van der Waals surface area contributed by atoms with Gasteiger partial charge in [-0.2, -0.15) is 0 Å². The lowest BCUT2D eigenvalue weighted by atomic mass is 10.0. The van der Waals surface area contributed by atoms with Gasteiger partial charge in [0, 0.05) is 24.5 Å². The van der Waals surface area contributed by atoms with Gasteiger partial charge in [0.25, 0.3) is 0 Å². The summed E-state index contributed by atoms with van der Waals surface area (Å²) in [5.41, 5.74) is 10.9. The van der Waals surface area contributed by atoms with E-state index in [0.29, 0.717) is 0 Å². The Hall–Kier alpha value is -3.57. The molecule has 5 aromatic rings. The molecule has 1 aliphatic rings. The van der Waals surface area contributed by atoms with Gasteiger partial charge in [-0.05, 0) is 71.5 Å². The summed E-state index contributed by atoms with van der Waals surface area (Å²) in [6.45, 7) is 5.22. The van der Waals surface area contributed by atoms with Gasteiger partial charge in [0.15, 0.2) is 0 Å². The maximum absolute atomic E-state index is 5.12. The van der Waals surface area contributed by atoms with Crippen LogP contribution < -0.4 is 10.2 Å². The van der Waals surface area contributed by atoms with Crippen molar-refractivity contribution in [2.75, 3.05) is 17.3 Å². The summed E-state index contributed by atoms with van der Waals surface area (Å²) in [4.78, 5) is 7.45. The molecule has 5 heteroatoms. The Morgan fingerprint density at radius 2 is 1.70 bits per heavy atom. The van der Waals surface area contributed by atoms with E-state index in [1.807, 2.05) is 0 Å². The molecule has 186 valence electrons. The summed E-state index contributed by atoms with van der Waals surface area (Å²) < 4.78 is 3.54. The predicted octanol–water partition coefficient (Wildman–Crippen LogP) is 8.34. The zero-order valence-corrected chi connectivity index (χ0v) is 23.1. The van der Waals surface area contributed by atoms with Crippen molar-refractivity contribution < 1.29 is 0 Å². The van der Waals surface area contributed by atoms with E-state index in [-0.39, 0.29) is 6.17 Å². The Kier molecular flexibility index (Phi) is 6.25. The number of rotatable bonds is 6. The molecular weight excluding hydrogens is 520 g/mol. The molecule has 0 radical (unpaired) electrons. The van der Waals surface area contributed by atoms with Crippen LogP contribution in [-0.2, 0) is 13.0 Å². The van der Waals surface area contributed by atoms with Gasteiger partial charge in [-0.1, -0.05) is 77.5 Å². The van der Waals surface area contributed by atoms with Gasteiger partial charge in [0.05, 0.1) is 22.4 Å². The first-order chi connectivity index (χ1) is 18.0. The number of para-hydroxylation sites is 2. The number of fused-ring (bicyclic) bond motifs is 2. The van der Waals surface area contributed by atoms with Gasteiger partial charge < -0.3 is 14.8 Å². The van der Waals surface area contributed by atoms with Crippen LogP contribution in [0.1, 0.15) is 42.0 Å². The van der Waals surface area contributed by atoms with Crippen LogP contribution in [0.3, 0.4) is 0 Å². The number of benzene rings is 4. The fourth-order valence-electron chi connectivity index (χ4n) is 5.48. The monoisotopic (exact) mass is 550 g/mol. The van der Waals surface area contributed by atoms with Crippen LogP contribution in [0.5, 0.6) is 0 Å². The largest absolute Gasteiger partial charge is 0.360 e. The van der Waals surface area contributed by atoms with E-state index in [9.17, 15) is 0 Å². The summed E-state index contributed by atoms with van der Waals surface area (Å²) in [6, 6.07) is 30.5. The molecule has 1 aromatic heterocycles. The van der Waals surface area contributed by atoms with E-state index in [2.05, 4.69) is 137 Å². The van der Waals surface area contributed by atoms with Crippen LogP contribution in [0.15, 0.2) is 89.4 Å². The van der Waals surface area contributed by atoms with Crippen molar-refractivity contribution in [1.82, 2.24) is 9.55 Å². The SMILES string of the molecule is CCCc1nc2c(C)cc(C3Nc4ccccc4N3C)cc2n1Cc1ccc(-c2ccccc2Br)cc1. The van der Waals surface area contributed by atoms with Crippen molar-refractivity contribution in [2.24, 2.45) is 0 Å². The number of imidazole rings is 1. The van der Waals surface area contributed by atoms with Gasteiger partial charge in [0.2, 0.25) is 0 Å². The minimum atomic E-state index is 0.0991. The van der Waals surface area contributed by atoms with Crippen molar-refractivity contribution in [3.8, 4) is 11.1 Å². The number of aromatic nitrogens is 2. The molecular formula is C32H31BrN4. The Bertz CT molecular complexity index is 1590. The Balaban J connectivity index is 1.38. The van der Waals surface area contributed by atoms with Crippen molar-refractivity contribution in [2.45, 2.75) is 39.4 Å². The van der Waals surface area contributed by atoms with Crippen molar-refractivity contribution in [3.05, 3.63) is 112 Å². The number of hydrogen-bond donors (Lipinski definition) is 1. The average Bonchev–Trinajstić information content (AvgIpc) is 3.43. The van der Waals surface area contributed by atoms with Gasteiger partial charge in [-0.15, -0.1) is 0 Å². The van der Waals surface area contributed by atoms with E-state index in [0.717, 1.165) is 35.2 Å². The third-order valence-electron chi connectivity index (χ3n) is 7.38. The van der Waals surface area contributed by atoms with E-state index < -0.39 is 0 Å². The maximum atomic E-state index is 5.12. The topological polar surface area (TPSA) is 33.1 Å². The normalized spacial score (nSPS) is 14.7. The Morgan fingerprint density at radius 3 is 2.46 bits per heavy atom. The Labute approximate surface area is 227 Å². The van der Waals surface area contributed by atoms with Gasteiger partial charge in [-0.25, -0.2) is 4.98 Å². The van der Waals surface area contributed by atoms with Crippen LogP contribution in [0.4, 0.5) is 11.4 Å². The molecule has 1 atom stereocenters. The lowest BCUT2D eigenvalue weighted by Crippen LogP contribution is -2.23. The molecule has 37 heavy (non-hydrogen) atoms. The van der Waals surface area contributed by atoms with Crippen LogP contribution >= 0.6 is 15.9 Å². The highest BCUT2D eigenvalue weighted by molar-refractivity contribution is 9.10. The quantitative estimate of drug-likeness (QED) is 0.230. The van der Waals surface area contributed by atoms with E-state index in [4.69, 9.17) is 4.98 Å². The molecule has 1 unspecified atom stereocenters. The lowest BCUT2D eigenvalue weighted by molar-refractivity contribution is 0.721. The summed E-state index contributed by atoms with van der Waals surface area (Å²) in [6.07, 6.45) is 2.13. The van der Waals surface area contributed by atoms with Crippen molar-refractivity contribution in [3.63, 3.8) is 0 Å². The van der Waals surface area contributed by atoms with E-state index >= 15 is 0 Å². The second-order valence-electron chi connectivity index (χ2n) is 9.92. The zero-order chi connectivity index (χ0) is 25.5. The highest BCUT2D eigenvalue weighted by atomic mass is 79.9. The zero-order valence-electron chi connectivity index (χ0n) is 21.5. The van der Waals surface area contributed by atoms with Crippen LogP contribution in [0.25, 0.3) is 22.2 Å². The highest BCUT2D eigenvalue weighted by Gasteiger charge is 2.28. The second-order valence-corrected chi connectivity index (χ2v) is 10.8. The molecule has 1 aliphatic heterocycles. The first-order valence-electron chi connectivity index (χ1n) is 13.0. The molecule has 2 heterocycles. The van der Waals surface area contributed by atoms with E-state index in [1.165, 1.54) is 44.7 Å². The minimum absolute atomic E-state index is 0.0991. The van der Waals surface area contributed by atoms with Crippen LogP contribution in [0, 0.1) is 6.92 Å². The minimum Gasteiger partial charge on any atom is -0.360 e. The first-order valence-corrected chi connectivity index (χ1v) is 13.7. The molecule has 0 fully saturated rings.